The van der Waals surface area contributed by atoms with Gasteiger partial charge >= 0.3 is 0 Å². The third-order valence-corrected chi connectivity index (χ3v) is 5.96. The van der Waals surface area contributed by atoms with E-state index in [9.17, 15) is 13.2 Å². The van der Waals surface area contributed by atoms with Crippen LogP contribution in [0.5, 0.6) is 5.88 Å². The van der Waals surface area contributed by atoms with Gasteiger partial charge in [0.25, 0.3) is 21.8 Å². The highest BCUT2D eigenvalue weighted by molar-refractivity contribution is 7.92. The van der Waals surface area contributed by atoms with Crippen molar-refractivity contribution in [2.45, 2.75) is 18.4 Å². The zero-order valence-corrected chi connectivity index (χ0v) is 19.5. The number of hydrogen-bond donors (Lipinski definition) is 1. The maximum atomic E-state index is 12.9. The average molecular weight is 480 g/mol. The summed E-state index contributed by atoms with van der Waals surface area (Å²) in [6, 6.07) is 9.89. The number of anilines is 1. The van der Waals surface area contributed by atoms with Gasteiger partial charge in [0.2, 0.25) is 5.82 Å². The number of hydrogen-bond acceptors (Lipinski definition) is 7. The molecule has 34 heavy (non-hydrogen) atoms. The maximum Gasteiger partial charge on any atom is 0.274 e. The monoisotopic (exact) mass is 479 g/mol. The maximum absolute atomic E-state index is 12.9. The van der Waals surface area contributed by atoms with Crippen LogP contribution in [0.3, 0.4) is 0 Å². The Hall–Kier alpha value is -4.05. The predicted octanol–water partition coefficient (Wildman–Crippen LogP) is 3.37. The zero-order valence-electron chi connectivity index (χ0n) is 18.7. The number of aromatic nitrogens is 3. The molecule has 0 aliphatic carbocycles. The molecule has 0 saturated heterocycles. The molecule has 0 aliphatic heterocycles. The molecule has 2 aromatic heterocycles. The number of sulfonamides is 1. The Morgan fingerprint density at radius 2 is 1.82 bits per heavy atom. The normalized spacial score (nSPS) is 10.9. The Morgan fingerprint density at radius 1 is 1.12 bits per heavy atom. The first-order chi connectivity index (χ1) is 16.3. The molecule has 2 heterocycles. The Balaban J connectivity index is 1.95. The molecule has 1 aromatic carbocycles. The van der Waals surface area contributed by atoms with E-state index in [1.54, 1.807) is 48.8 Å². The molecule has 1 N–H and O–H groups in total. The number of aryl methyl sites for hydroxylation is 1. The van der Waals surface area contributed by atoms with Gasteiger partial charge in [-0.05, 0) is 25.1 Å². The Morgan fingerprint density at radius 3 is 2.44 bits per heavy atom. The van der Waals surface area contributed by atoms with E-state index in [4.69, 9.17) is 4.74 Å². The van der Waals surface area contributed by atoms with Crippen LogP contribution in [0.2, 0.25) is 0 Å². The summed E-state index contributed by atoms with van der Waals surface area (Å²) in [5, 5.41) is 0. The van der Waals surface area contributed by atoms with E-state index in [1.165, 1.54) is 23.2 Å². The molecule has 0 unspecified atom stereocenters. The summed E-state index contributed by atoms with van der Waals surface area (Å²) in [5.74, 6) is -0.700. The van der Waals surface area contributed by atoms with Gasteiger partial charge in [-0.25, -0.2) is 18.4 Å². The van der Waals surface area contributed by atoms with Crippen LogP contribution in [-0.2, 0) is 16.6 Å². The van der Waals surface area contributed by atoms with E-state index in [2.05, 4.69) is 32.8 Å². The summed E-state index contributed by atoms with van der Waals surface area (Å²) in [6.07, 6.45) is 7.59. The van der Waals surface area contributed by atoms with Crippen LogP contribution in [0.1, 0.15) is 21.6 Å². The van der Waals surface area contributed by atoms with E-state index >= 15 is 0 Å². The van der Waals surface area contributed by atoms with Gasteiger partial charge < -0.3 is 9.64 Å². The minimum absolute atomic E-state index is 0.0110. The average Bonchev–Trinajstić information content (AvgIpc) is 2.83. The lowest BCUT2D eigenvalue weighted by atomic mass is 10.2. The van der Waals surface area contributed by atoms with Crippen LogP contribution in [0.15, 0.2) is 85.2 Å². The molecule has 0 radical (unpaired) electrons. The van der Waals surface area contributed by atoms with Gasteiger partial charge in [0, 0.05) is 31.0 Å². The number of benzene rings is 1. The molecule has 3 rings (SSSR count). The minimum Gasteiger partial charge on any atom is -0.470 e. The standard InChI is InChI=1S/C24H25N5O4S/c1-4-13-29(14-5-2)24(30)21-16-26-22(23(27-21)33-17-19-7-6-12-25-15-19)28-34(31,32)20-10-8-18(3)9-11-20/h4-12,15-16H,1-2,13-14,17H2,3H3,(H,26,28). The molecule has 0 spiro atoms. The second kappa shape index (κ2) is 11.2. The summed E-state index contributed by atoms with van der Waals surface area (Å²) in [5.41, 5.74) is 1.64. The summed E-state index contributed by atoms with van der Waals surface area (Å²) in [4.78, 5) is 26.9. The third kappa shape index (κ3) is 6.26. The summed E-state index contributed by atoms with van der Waals surface area (Å²) >= 11 is 0. The topological polar surface area (TPSA) is 114 Å². The quantitative estimate of drug-likeness (QED) is 0.419. The van der Waals surface area contributed by atoms with E-state index in [-0.39, 0.29) is 42.0 Å². The van der Waals surface area contributed by atoms with Crippen molar-refractivity contribution < 1.29 is 17.9 Å². The molecule has 3 aromatic rings. The van der Waals surface area contributed by atoms with Gasteiger partial charge in [0.05, 0.1) is 11.1 Å². The summed E-state index contributed by atoms with van der Waals surface area (Å²) < 4.78 is 34.0. The van der Waals surface area contributed by atoms with Gasteiger partial charge in [-0.15, -0.1) is 13.2 Å². The number of nitrogens with one attached hydrogen (secondary N) is 1. The molecule has 0 aliphatic rings. The number of carbonyl (C=O) groups is 1. The number of pyridine rings is 1. The zero-order chi connectivity index (χ0) is 24.6. The molecular weight excluding hydrogens is 454 g/mol. The smallest absolute Gasteiger partial charge is 0.274 e. The highest BCUT2D eigenvalue weighted by atomic mass is 32.2. The Labute approximate surface area is 198 Å². The van der Waals surface area contributed by atoms with Crippen molar-refractivity contribution in [3.8, 4) is 5.88 Å². The molecule has 0 atom stereocenters. The van der Waals surface area contributed by atoms with Crippen molar-refractivity contribution in [2.75, 3.05) is 17.8 Å². The minimum atomic E-state index is -3.97. The van der Waals surface area contributed by atoms with Crippen molar-refractivity contribution in [1.82, 2.24) is 19.9 Å². The van der Waals surface area contributed by atoms with E-state index < -0.39 is 15.9 Å². The van der Waals surface area contributed by atoms with Gasteiger partial charge in [0.15, 0.2) is 5.69 Å². The first-order valence-corrected chi connectivity index (χ1v) is 11.8. The molecule has 176 valence electrons. The molecule has 10 heteroatoms. The van der Waals surface area contributed by atoms with Crippen molar-refractivity contribution in [1.29, 1.82) is 0 Å². The van der Waals surface area contributed by atoms with Gasteiger partial charge in [-0.2, -0.15) is 0 Å². The predicted molar refractivity (Wildman–Crippen MR) is 129 cm³/mol. The van der Waals surface area contributed by atoms with Crippen LogP contribution >= 0.6 is 0 Å². The fourth-order valence-electron chi connectivity index (χ4n) is 2.90. The lowest BCUT2D eigenvalue weighted by molar-refractivity contribution is 0.0783. The fraction of sp³-hybridized carbons (Fsp3) is 0.167. The fourth-order valence-corrected chi connectivity index (χ4v) is 3.91. The van der Waals surface area contributed by atoms with Crippen molar-refractivity contribution in [3.63, 3.8) is 0 Å². The number of carbonyl (C=O) groups excluding carboxylic acids is 1. The van der Waals surface area contributed by atoms with Crippen molar-refractivity contribution in [3.05, 3.63) is 97.1 Å². The van der Waals surface area contributed by atoms with Gasteiger partial charge in [0.1, 0.15) is 6.61 Å². The van der Waals surface area contributed by atoms with Crippen LogP contribution in [0.25, 0.3) is 0 Å². The molecule has 0 fully saturated rings. The Bertz CT molecular complexity index is 1250. The summed E-state index contributed by atoms with van der Waals surface area (Å²) in [7, 11) is -3.97. The number of nitrogens with zero attached hydrogens (tertiary/aromatic N) is 4. The van der Waals surface area contributed by atoms with E-state index in [0.717, 1.165) is 11.1 Å². The van der Waals surface area contributed by atoms with E-state index in [1.807, 2.05) is 6.92 Å². The first kappa shape index (κ1) is 24.6. The van der Waals surface area contributed by atoms with Crippen LogP contribution in [0.4, 0.5) is 5.82 Å². The molecule has 0 bridgehead atoms. The highest BCUT2D eigenvalue weighted by Gasteiger charge is 2.22. The first-order valence-electron chi connectivity index (χ1n) is 10.3. The molecule has 0 saturated carbocycles. The van der Waals surface area contributed by atoms with Gasteiger partial charge in [-0.1, -0.05) is 35.9 Å². The van der Waals surface area contributed by atoms with Crippen molar-refractivity contribution >= 4 is 21.7 Å². The number of rotatable bonds is 11. The van der Waals surface area contributed by atoms with Crippen LogP contribution < -0.4 is 9.46 Å². The number of ether oxygens (including phenoxy) is 1. The Kier molecular flexibility index (Phi) is 8.10. The van der Waals surface area contributed by atoms with Crippen LogP contribution in [0, 0.1) is 6.92 Å². The lowest BCUT2D eigenvalue weighted by Gasteiger charge is -2.19. The van der Waals surface area contributed by atoms with Gasteiger partial charge in [-0.3, -0.25) is 14.5 Å². The summed E-state index contributed by atoms with van der Waals surface area (Å²) in [6.45, 7) is 9.77. The number of amides is 1. The van der Waals surface area contributed by atoms with Crippen molar-refractivity contribution in [2.24, 2.45) is 0 Å². The second-order valence-corrected chi connectivity index (χ2v) is 8.95. The molecule has 1 amide bonds. The lowest BCUT2D eigenvalue weighted by Crippen LogP contribution is -2.32. The third-order valence-electron chi connectivity index (χ3n) is 4.61. The molecule has 9 nitrogen and oxygen atoms in total. The second-order valence-electron chi connectivity index (χ2n) is 7.26. The largest absolute Gasteiger partial charge is 0.470 e. The van der Waals surface area contributed by atoms with E-state index in [0.29, 0.717) is 0 Å². The molecular formula is C24H25N5O4S. The SMILES string of the molecule is C=CCN(CC=C)C(=O)c1cnc(NS(=O)(=O)c2ccc(C)cc2)c(OCc2cccnc2)n1. The van der Waals surface area contributed by atoms with Crippen LogP contribution in [-0.4, -0.2) is 47.3 Å². The highest BCUT2D eigenvalue weighted by Crippen LogP contribution is 2.24.